The Bertz CT molecular complexity index is 419. The molecule has 0 aromatic heterocycles. The van der Waals surface area contributed by atoms with Crippen molar-refractivity contribution >= 4 is 0 Å². The second-order valence-electron chi connectivity index (χ2n) is 4.48. The average Bonchev–Trinajstić information content (AvgIpc) is 2.62. The molecule has 0 heterocycles. The van der Waals surface area contributed by atoms with Crippen LogP contribution in [0.3, 0.4) is 0 Å². The molecule has 1 aliphatic rings. The number of alkyl halides is 2. The van der Waals surface area contributed by atoms with Gasteiger partial charge in [0.05, 0.1) is 6.10 Å². The van der Waals surface area contributed by atoms with Crippen LogP contribution in [0.1, 0.15) is 30.9 Å². The third-order valence-corrected chi connectivity index (χ3v) is 3.17. The Kier molecular flexibility index (Phi) is 3.12. The molecule has 0 bridgehead atoms. The topological polar surface area (TPSA) is 20.2 Å². The van der Waals surface area contributed by atoms with Gasteiger partial charge in [-0.05, 0) is 30.0 Å². The van der Waals surface area contributed by atoms with Crippen molar-refractivity contribution in [3.8, 4) is 0 Å². The van der Waals surface area contributed by atoms with Gasteiger partial charge < -0.3 is 5.11 Å². The predicted octanol–water partition coefficient (Wildman–Crippen LogP) is 3.43. The number of rotatable bonds is 2. The minimum Gasteiger partial charge on any atom is -0.388 e. The van der Waals surface area contributed by atoms with Crippen molar-refractivity contribution in [1.82, 2.24) is 0 Å². The first-order chi connectivity index (χ1) is 7.89. The minimum absolute atomic E-state index is 0.145. The molecule has 0 aliphatic heterocycles. The van der Waals surface area contributed by atoms with Crippen LogP contribution < -0.4 is 0 Å². The number of benzene rings is 1. The van der Waals surface area contributed by atoms with E-state index in [-0.39, 0.29) is 18.4 Å². The highest BCUT2D eigenvalue weighted by Gasteiger charge is 2.42. The van der Waals surface area contributed by atoms with Gasteiger partial charge in [-0.2, -0.15) is 0 Å². The fourth-order valence-electron chi connectivity index (χ4n) is 2.22. The number of aliphatic hydroxyl groups is 1. The molecule has 0 spiro atoms. The summed E-state index contributed by atoms with van der Waals surface area (Å²) in [6, 6.07) is 2.97. The Morgan fingerprint density at radius 2 is 1.94 bits per heavy atom. The van der Waals surface area contributed by atoms with Crippen LogP contribution in [0.2, 0.25) is 0 Å². The summed E-state index contributed by atoms with van der Waals surface area (Å²) in [7, 11) is 0. The number of hydrogen-bond donors (Lipinski definition) is 1. The van der Waals surface area contributed by atoms with Gasteiger partial charge >= 0.3 is 0 Å². The smallest absolute Gasteiger partial charge is 0.248 e. The molecule has 1 aromatic rings. The number of aliphatic hydroxyl groups excluding tert-OH is 1. The van der Waals surface area contributed by atoms with Crippen LogP contribution in [0.5, 0.6) is 0 Å². The Morgan fingerprint density at radius 3 is 2.47 bits per heavy atom. The van der Waals surface area contributed by atoms with Crippen molar-refractivity contribution < 1.29 is 22.7 Å². The minimum atomic E-state index is -2.76. The molecule has 2 rings (SSSR count). The Morgan fingerprint density at radius 1 is 1.24 bits per heavy atom. The Labute approximate surface area is 96.1 Å². The van der Waals surface area contributed by atoms with E-state index in [4.69, 9.17) is 0 Å². The molecule has 0 saturated heterocycles. The lowest BCUT2D eigenvalue weighted by Crippen LogP contribution is -2.14. The first-order valence-corrected chi connectivity index (χ1v) is 5.40. The van der Waals surface area contributed by atoms with Crippen LogP contribution in [0.15, 0.2) is 18.2 Å². The summed E-state index contributed by atoms with van der Waals surface area (Å²) in [6.07, 6.45) is -1.66. The van der Waals surface area contributed by atoms with E-state index in [9.17, 15) is 22.7 Å². The third-order valence-electron chi connectivity index (χ3n) is 3.17. The highest BCUT2D eigenvalue weighted by molar-refractivity contribution is 5.21. The lowest BCUT2D eigenvalue weighted by atomic mass is 9.94. The zero-order valence-corrected chi connectivity index (χ0v) is 8.97. The molecule has 1 N–H and O–H groups in total. The zero-order chi connectivity index (χ0) is 12.6. The maximum atomic E-state index is 13.0. The van der Waals surface area contributed by atoms with Crippen LogP contribution in [0, 0.1) is 17.6 Å². The maximum absolute atomic E-state index is 13.0. The summed E-state index contributed by atoms with van der Waals surface area (Å²) in [4.78, 5) is 0. The fourth-order valence-corrected chi connectivity index (χ4v) is 2.22. The summed E-state index contributed by atoms with van der Waals surface area (Å²) in [6.45, 7) is 0. The molecule has 1 fully saturated rings. The SMILES string of the molecule is OC(c1ccc(F)c(F)c1)C1CCC(F)(F)C1. The quantitative estimate of drug-likeness (QED) is 0.795. The molecule has 2 unspecified atom stereocenters. The third kappa shape index (κ3) is 2.60. The van der Waals surface area contributed by atoms with Gasteiger partial charge in [0.25, 0.3) is 0 Å². The molecule has 94 valence electrons. The van der Waals surface area contributed by atoms with Crippen LogP contribution in [0.25, 0.3) is 0 Å². The normalized spacial score (nSPS) is 24.9. The molecular formula is C12H12F4O. The van der Waals surface area contributed by atoms with Gasteiger partial charge in [-0.15, -0.1) is 0 Å². The maximum Gasteiger partial charge on any atom is 0.248 e. The highest BCUT2D eigenvalue weighted by atomic mass is 19.3. The van der Waals surface area contributed by atoms with Gasteiger partial charge in [0.15, 0.2) is 11.6 Å². The van der Waals surface area contributed by atoms with E-state index in [2.05, 4.69) is 0 Å². The number of halogens is 4. The molecule has 2 atom stereocenters. The van der Waals surface area contributed by atoms with Crippen LogP contribution in [-0.2, 0) is 0 Å². The second kappa shape index (κ2) is 4.29. The van der Waals surface area contributed by atoms with Crippen LogP contribution >= 0.6 is 0 Å². The molecule has 1 nitrogen and oxygen atoms in total. The van der Waals surface area contributed by atoms with Crippen molar-refractivity contribution in [3.05, 3.63) is 35.4 Å². The Balaban J connectivity index is 2.15. The van der Waals surface area contributed by atoms with Crippen molar-refractivity contribution in [3.63, 3.8) is 0 Å². The summed E-state index contributed by atoms with van der Waals surface area (Å²) >= 11 is 0. The summed E-state index contributed by atoms with van der Waals surface area (Å²) in [5.74, 6) is -5.46. The first kappa shape index (κ1) is 12.4. The molecular weight excluding hydrogens is 236 g/mol. The van der Waals surface area contributed by atoms with Crippen molar-refractivity contribution in [1.29, 1.82) is 0 Å². The van der Waals surface area contributed by atoms with E-state index >= 15 is 0 Å². The molecule has 1 aromatic carbocycles. The highest BCUT2D eigenvalue weighted by Crippen LogP contribution is 2.44. The van der Waals surface area contributed by atoms with E-state index < -0.39 is 36.0 Å². The summed E-state index contributed by atoms with van der Waals surface area (Å²) < 4.78 is 51.6. The molecule has 0 amide bonds. The van der Waals surface area contributed by atoms with E-state index in [1.54, 1.807) is 0 Å². The lowest BCUT2D eigenvalue weighted by molar-refractivity contribution is -0.00513. The summed E-state index contributed by atoms with van der Waals surface area (Å²) in [5.41, 5.74) is 0.145. The monoisotopic (exact) mass is 248 g/mol. The van der Waals surface area contributed by atoms with Gasteiger partial charge in [-0.3, -0.25) is 0 Å². The number of hydrogen-bond acceptors (Lipinski definition) is 1. The van der Waals surface area contributed by atoms with Crippen molar-refractivity contribution in [2.75, 3.05) is 0 Å². The molecule has 1 aliphatic carbocycles. The van der Waals surface area contributed by atoms with Gasteiger partial charge in [-0.1, -0.05) is 6.07 Å². The predicted molar refractivity (Wildman–Crippen MR) is 53.6 cm³/mol. The van der Waals surface area contributed by atoms with E-state index in [0.29, 0.717) is 0 Å². The van der Waals surface area contributed by atoms with Gasteiger partial charge in [0.2, 0.25) is 5.92 Å². The molecule has 17 heavy (non-hydrogen) atoms. The van der Waals surface area contributed by atoms with Crippen molar-refractivity contribution in [2.45, 2.75) is 31.3 Å². The molecule has 5 heteroatoms. The lowest BCUT2D eigenvalue weighted by Gasteiger charge is -2.18. The summed E-state index contributed by atoms with van der Waals surface area (Å²) in [5, 5.41) is 9.85. The van der Waals surface area contributed by atoms with Crippen LogP contribution in [-0.4, -0.2) is 11.0 Å². The van der Waals surface area contributed by atoms with E-state index in [1.165, 1.54) is 6.07 Å². The second-order valence-corrected chi connectivity index (χ2v) is 4.48. The molecule has 0 radical (unpaired) electrons. The zero-order valence-electron chi connectivity index (χ0n) is 8.97. The standard InChI is InChI=1S/C12H12F4O/c13-9-2-1-7(5-10(9)14)11(17)8-3-4-12(15,16)6-8/h1-2,5,8,11,17H,3-4,6H2. The van der Waals surface area contributed by atoms with Crippen LogP contribution in [0.4, 0.5) is 17.6 Å². The average molecular weight is 248 g/mol. The van der Waals surface area contributed by atoms with Gasteiger partial charge in [0.1, 0.15) is 0 Å². The Hall–Kier alpha value is -1.10. The largest absolute Gasteiger partial charge is 0.388 e. The van der Waals surface area contributed by atoms with E-state index in [0.717, 1.165) is 12.1 Å². The molecule has 1 saturated carbocycles. The van der Waals surface area contributed by atoms with Gasteiger partial charge in [-0.25, -0.2) is 17.6 Å². The first-order valence-electron chi connectivity index (χ1n) is 5.40. The van der Waals surface area contributed by atoms with E-state index in [1.807, 2.05) is 0 Å². The fraction of sp³-hybridized carbons (Fsp3) is 0.500. The van der Waals surface area contributed by atoms with Gasteiger partial charge in [0, 0.05) is 12.8 Å². The van der Waals surface area contributed by atoms with Crippen molar-refractivity contribution in [2.24, 2.45) is 5.92 Å².